The van der Waals surface area contributed by atoms with E-state index in [1.165, 1.54) is 0 Å². The minimum absolute atomic E-state index is 0.0201. The van der Waals surface area contributed by atoms with Crippen molar-refractivity contribution in [2.75, 3.05) is 19.6 Å². The fraction of sp³-hybridized carbons (Fsp3) is 0.737. The van der Waals surface area contributed by atoms with Crippen molar-refractivity contribution < 1.29 is 28.8 Å². The molecule has 2 heterocycles. The molecule has 0 aliphatic carbocycles. The van der Waals surface area contributed by atoms with Crippen molar-refractivity contribution in [3.8, 4) is 0 Å². The third kappa shape index (κ3) is 6.52. The van der Waals surface area contributed by atoms with Crippen LogP contribution in [0.5, 0.6) is 0 Å². The first-order chi connectivity index (χ1) is 13.8. The highest BCUT2D eigenvalue weighted by Gasteiger charge is 2.33. The van der Waals surface area contributed by atoms with Gasteiger partial charge in [0, 0.05) is 38.4 Å². The van der Waals surface area contributed by atoms with Gasteiger partial charge in [0.05, 0.1) is 12.5 Å². The number of carbonyl (C=O) groups is 5. The number of hydrogen-bond acceptors (Lipinski definition) is 7. The first kappa shape index (κ1) is 22.8. The number of imide groups is 1. The summed E-state index contributed by atoms with van der Waals surface area (Å²) in [6.45, 7) is 5.36. The molecule has 2 fully saturated rings. The topological polar surface area (TPSA) is 125 Å². The van der Waals surface area contributed by atoms with Gasteiger partial charge < -0.3 is 15.5 Å². The van der Waals surface area contributed by atoms with E-state index < -0.39 is 17.8 Å². The Hall–Kier alpha value is -2.49. The molecule has 0 aromatic rings. The fourth-order valence-corrected chi connectivity index (χ4v) is 3.45. The summed E-state index contributed by atoms with van der Waals surface area (Å²) in [6, 6.07) is 0.209. The Bertz CT molecular complexity index is 637. The number of rotatable bonds is 10. The van der Waals surface area contributed by atoms with E-state index in [2.05, 4.69) is 29.4 Å². The summed E-state index contributed by atoms with van der Waals surface area (Å²) in [5.41, 5.74) is 0. The smallest absolute Gasteiger partial charge is 0.334 e. The standard InChI is InChI=1S/C19H30N4O6/c1-3-13(2)22-12-4-5-14(22)19(28)21-10-8-15(24)20-11-9-18(27)29-23-16(25)6-7-17(23)26/h13-14H,3-12H2,1-2H3,(H,20,24)(H,21,28)/t13?,14-/m0/s1. The molecule has 0 aromatic carbocycles. The maximum Gasteiger partial charge on any atom is 0.334 e. The summed E-state index contributed by atoms with van der Waals surface area (Å²) in [7, 11) is 0. The molecule has 0 saturated carbocycles. The molecule has 10 nitrogen and oxygen atoms in total. The van der Waals surface area contributed by atoms with Crippen LogP contribution in [0, 0.1) is 0 Å². The van der Waals surface area contributed by atoms with Gasteiger partial charge in [0.2, 0.25) is 11.8 Å². The Balaban J connectivity index is 1.60. The van der Waals surface area contributed by atoms with Crippen LogP contribution < -0.4 is 10.6 Å². The molecule has 2 N–H and O–H groups in total. The zero-order chi connectivity index (χ0) is 21.4. The zero-order valence-electron chi connectivity index (χ0n) is 17.1. The lowest BCUT2D eigenvalue weighted by molar-refractivity contribution is -0.197. The first-order valence-corrected chi connectivity index (χ1v) is 10.2. The molecule has 2 aliphatic rings. The monoisotopic (exact) mass is 410 g/mol. The third-order valence-corrected chi connectivity index (χ3v) is 5.26. The lowest BCUT2D eigenvalue weighted by Crippen LogP contribution is -2.47. The molecule has 0 radical (unpaired) electrons. The van der Waals surface area contributed by atoms with E-state index in [0.717, 1.165) is 25.8 Å². The highest BCUT2D eigenvalue weighted by Crippen LogP contribution is 2.21. The Morgan fingerprint density at radius 3 is 2.41 bits per heavy atom. The van der Waals surface area contributed by atoms with Crippen LogP contribution in [0.15, 0.2) is 0 Å². The van der Waals surface area contributed by atoms with Crippen LogP contribution in [0.4, 0.5) is 0 Å². The van der Waals surface area contributed by atoms with Crippen LogP contribution in [-0.4, -0.2) is 71.3 Å². The van der Waals surface area contributed by atoms with Crippen molar-refractivity contribution in [1.82, 2.24) is 20.6 Å². The van der Waals surface area contributed by atoms with E-state index in [-0.39, 0.29) is 56.6 Å². The van der Waals surface area contributed by atoms with Crippen LogP contribution in [0.25, 0.3) is 0 Å². The largest absolute Gasteiger partial charge is 0.355 e. The first-order valence-electron chi connectivity index (χ1n) is 10.2. The summed E-state index contributed by atoms with van der Waals surface area (Å²) in [5, 5.41) is 5.83. The van der Waals surface area contributed by atoms with Crippen molar-refractivity contribution in [2.45, 2.75) is 70.9 Å². The van der Waals surface area contributed by atoms with Crippen molar-refractivity contribution in [3.63, 3.8) is 0 Å². The molecule has 2 aliphatic heterocycles. The highest BCUT2D eigenvalue weighted by atomic mass is 16.7. The van der Waals surface area contributed by atoms with Crippen LogP contribution in [0.1, 0.15) is 58.8 Å². The predicted molar refractivity (Wildman–Crippen MR) is 102 cm³/mol. The number of nitrogens with zero attached hydrogens (tertiary/aromatic N) is 2. The van der Waals surface area contributed by atoms with Crippen molar-refractivity contribution >= 4 is 29.6 Å². The van der Waals surface area contributed by atoms with Gasteiger partial charge in [-0.1, -0.05) is 6.92 Å². The molecule has 29 heavy (non-hydrogen) atoms. The quantitative estimate of drug-likeness (QED) is 0.481. The second-order valence-corrected chi connectivity index (χ2v) is 7.34. The highest BCUT2D eigenvalue weighted by molar-refractivity contribution is 6.01. The lowest BCUT2D eigenvalue weighted by atomic mass is 10.1. The molecule has 2 rings (SSSR count). The van der Waals surface area contributed by atoms with E-state index in [1.54, 1.807) is 0 Å². The molecular weight excluding hydrogens is 380 g/mol. The average Bonchev–Trinajstić information content (AvgIpc) is 3.30. The molecule has 0 spiro atoms. The van der Waals surface area contributed by atoms with Crippen LogP contribution in [0.2, 0.25) is 0 Å². The summed E-state index contributed by atoms with van der Waals surface area (Å²) >= 11 is 0. The van der Waals surface area contributed by atoms with Crippen molar-refractivity contribution in [2.24, 2.45) is 0 Å². The van der Waals surface area contributed by atoms with Crippen LogP contribution >= 0.6 is 0 Å². The van der Waals surface area contributed by atoms with Gasteiger partial charge >= 0.3 is 5.97 Å². The second kappa shape index (κ2) is 10.9. The maximum absolute atomic E-state index is 12.4. The molecule has 162 valence electrons. The van der Waals surface area contributed by atoms with Gasteiger partial charge in [-0.05, 0) is 32.7 Å². The second-order valence-electron chi connectivity index (χ2n) is 7.34. The zero-order valence-corrected chi connectivity index (χ0v) is 17.1. The number of hydroxylamine groups is 2. The summed E-state index contributed by atoms with van der Waals surface area (Å²) in [6.07, 6.45) is 2.80. The number of carbonyl (C=O) groups excluding carboxylic acids is 5. The van der Waals surface area contributed by atoms with Gasteiger partial charge in [0.25, 0.3) is 11.8 Å². The van der Waals surface area contributed by atoms with Crippen molar-refractivity contribution in [1.29, 1.82) is 0 Å². The molecule has 10 heteroatoms. The minimum atomic E-state index is -0.770. The summed E-state index contributed by atoms with van der Waals surface area (Å²) < 4.78 is 0. The van der Waals surface area contributed by atoms with Crippen molar-refractivity contribution in [3.05, 3.63) is 0 Å². The summed E-state index contributed by atoms with van der Waals surface area (Å²) in [5.74, 6) is -2.22. The number of likely N-dealkylation sites (tertiary alicyclic amines) is 1. The molecule has 2 atom stereocenters. The van der Waals surface area contributed by atoms with E-state index in [1.807, 2.05) is 0 Å². The van der Waals surface area contributed by atoms with E-state index in [0.29, 0.717) is 11.1 Å². The fourth-order valence-electron chi connectivity index (χ4n) is 3.45. The Kier molecular flexibility index (Phi) is 8.56. The minimum Gasteiger partial charge on any atom is -0.355 e. The molecular formula is C19H30N4O6. The van der Waals surface area contributed by atoms with Gasteiger partial charge in [-0.25, -0.2) is 4.79 Å². The van der Waals surface area contributed by atoms with E-state index in [9.17, 15) is 24.0 Å². The number of amides is 4. The van der Waals surface area contributed by atoms with Gasteiger partial charge in [-0.15, -0.1) is 5.06 Å². The predicted octanol–water partition coefficient (Wildman–Crippen LogP) is -0.131. The molecule has 0 aromatic heterocycles. The average molecular weight is 410 g/mol. The molecule has 4 amide bonds. The van der Waals surface area contributed by atoms with Gasteiger partial charge in [-0.3, -0.25) is 24.1 Å². The normalized spacial score (nSPS) is 20.6. The van der Waals surface area contributed by atoms with Gasteiger partial charge in [-0.2, -0.15) is 0 Å². The lowest BCUT2D eigenvalue weighted by Gasteiger charge is -2.29. The van der Waals surface area contributed by atoms with E-state index in [4.69, 9.17) is 4.84 Å². The van der Waals surface area contributed by atoms with Crippen LogP contribution in [0.3, 0.4) is 0 Å². The maximum atomic E-state index is 12.4. The number of nitrogens with one attached hydrogen (secondary N) is 2. The number of hydrogen-bond donors (Lipinski definition) is 2. The molecule has 1 unspecified atom stereocenters. The molecule has 0 bridgehead atoms. The summed E-state index contributed by atoms with van der Waals surface area (Å²) in [4.78, 5) is 65.5. The van der Waals surface area contributed by atoms with E-state index >= 15 is 0 Å². The Labute approximate surface area is 170 Å². The van der Waals surface area contributed by atoms with Gasteiger partial charge in [0.1, 0.15) is 0 Å². The molecule has 2 saturated heterocycles. The van der Waals surface area contributed by atoms with Gasteiger partial charge in [0.15, 0.2) is 0 Å². The third-order valence-electron chi connectivity index (χ3n) is 5.26. The SMILES string of the molecule is CCC(C)N1CCC[C@H]1C(=O)NCCC(=O)NCCC(=O)ON1C(=O)CCC1=O. The Morgan fingerprint density at radius 2 is 1.76 bits per heavy atom. The Morgan fingerprint density at radius 1 is 1.10 bits per heavy atom. The van der Waals surface area contributed by atoms with Crippen LogP contribution in [-0.2, 0) is 28.8 Å².